The molecule has 0 aliphatic rings. The minimum atomic E-state index is -0.962. The third kappa shape index (κ3) is 5.34. The third-order valence-electron chi connectivity index (χ3n) is 3.92. The molecule has 1 N–H and O–H groups in total. The predicted octanol–water partition coefficient (Wildman–Crippen LogP) is 2.09. The van der Waals surface area contributed by atoms with Crippen LogP contribution in [0.4, 0.5) is 5.69 Å². The number of para-hydroxylation sites is 1. The van der Waals surface area contributed by atoms with Crippen LogP contribution in [0, 0.1) is 10.1 Å². The molecular weight excluding hydrogens is 384 g/mol. The first kappa shape index (κ1) is 21.5. The largest absolute Gasteiger partial charge is 0.496 e. The number of rotatable bonds is 9. The van der Waals surface area contributed by atoms with Crippen LogP contribution in [-0.4, -0.2) is 44.7 Å². The standard InChI is InChI=1S/C19H20N2O8/c1-26-15-9-17(28-3)16(27-2)8-12(15)10-20-18(22)11-29-19(23)13-6-4-5-7-14(13)21(24)25/h4-9H,10-11H2,1-3H3,(H,20,22). The minimum Gasteiger partial charge on any atom is -0.496 e. The van der Waals surface area contributed by atoms with Gasteiger partial charge < -0.3 is 24.3 Å². The van der Waals surface area contributed by atoms with Crippen LogP contribution in [0.5, 0.6) is 17.2 Å². The average Bonchev–Trinajstić information content (AvgIpc) is 2.75. The van der Waals surface area contributed by atoms with Crippen molar-refractivity contribution in [3.63, 3.8) is 0 Å². The summed E-state index contributed by atoms with van der Waals surface area (Å²) in [6, 6.07) is 8.60. The molecule has 0 fully saturated rings. The molecule has 0 aromatic heterocycles. The highest BCUT2D eigenvalue weighted by atomic mass is 16.6. The summed E-state index contributed by atoms with van der Waals surface area (Å²) in [5.74, 6) is -0.150. The summed E-state index contributed by atoms with van der Waals surface area (Å²) < 4.78 is 20.6. The van der Waals surface area contributed by atoms with E-state index in [9.17, 15) is 19.7 Å². The lowest BCUT2D eigenvalue weighted by Crippen LogP contribution is -2.28. The first-order valence-corrected chi connectivity index (χ1v) is 8.37. The number of carbonyl (C=O) groups is 2. The Morgan fingerprint density at radius 3 is 2.24 bits per heavy atom. The number of nitrogens with one attached hydrogen (secondary N) is 1. The van der Waals surface area contributed by atoms with Crippen LogP contribution in [0.1, 0.15) is 15.9 Å². The lowest BCUT2D eigenvalue weighted by atomic mass is 10.1. The van der Waals surface area contributed by atoms with Gasteiger partial charge in [0.1, 0.15) is 11.3 Å². The number of benzene rings is 2. The highest BCUT2D eigenvalue weighted by Crippen LogP contribution is 2.34. The van der Waals surface area contributed by atoms with Crippen molar-refractivity contribution in [2.24, 2.45) is 0 Å². The Kier molecular flexibility index (Phi) is 7.35. The molecule has 10 heteroatoms. The molecule has 0 aliphatic heterocycles. The maximum Gasteiger partial charge on any atom is 0.345 e. The van der Waals surface area contributed by atoms with Crippen molar-refractivity contribution in [1.82, 2.24) is 5.32 Å². The van der Waals surface area contributed by atoms with Gasteiger partial charge in [-0.25, -0.2) is 4.79 Å². The Hall–Kier alpha value is -3.82. The number of nitro benzene ring substituents is 1. The molecule has 2 aromatic carbocycles. The van der Waals surface area contributed by atoms with Crippen LogP contribution < -0.4 is 19.5 Å². The maximum absolute atomic E-state index is 12.0. The lowest BCUT2D eigenvalue weighted by Gasteiger charge is -2.14. The van der Waals surface area contributed by atoms with E-state index in [2.05, 4.69) is 5.32 Å². The fourth-order valence-corrected chi connectivity index (χ4v) is 2.49. The van der Waals surface area contributed by atoms with Gasteiger partial charge in [-0.2, -0.15) is 0 Å². The number of hydrogen-bond acceptors (Lipinski definition) is 8. The van der Waals surface area contributed by atoms with Crippen LogP contribution in [-0.2, 0) is 16.1 Å². The van der Waals surface area contributed by atoms with Crippen molar-refractivity contribution in [3.05, 3.63) is 57.6 Å². The van der Waals surface area contributed by atoms with Crippen LogP contribution in [0.2, 0.25) is 0 Å². The number of esters is 1. The van der Waals surface area contributed by atoms with Gasteiger partial charge in [0.15, 0.2) is 18.1 Å². The van der Waals surface area contributed by atoms with Gasteiger partial charge in [-0.05, 0) is 12.1 Å². The van der Waals surface area contributed by atoms with Gasteiger partial charge in [-0.15, -0.1) is 0 Å². The van der Waals surface area contributed by atoms with Gasteiger partial charge in [0.2, 0.25) is 0 Å². The number of nitro groups is 1. The van der Waals surface area contributed by atoms with E-state index in [1.165, 1.54) is 45.6 Å². The second-order valence-corrected chi connectivity index (χ2v) is 5.65. The molecule has 10 nitrogen and oxygen atoms in total. The third-order valence-corrected chi connectivity index (χ3v) is 3.92. The van der Waals surface area contributed by atoms with Crippen molar-refractivity contribution in [3.8, 4) is 17.2 Å². The van der Waals surface area contributed by atoms with Crippen molar-refractivity contribution in [2.75, 3.05) is 27.9 Å². The van der Waals surface area contributed by atoms with Crippen molar-refractivity contribution in [2.45, 2.75) is 6.54 Å². The summed E-state index contributed by atoms with van der Waals surface area (Å²) >= 11 is 0. The van der Waals surface area contributed by atoms with E-state index >= 15 is 0 Å². The molecule has 0 heterocycles. The summed E-state index contributed by atoms with van der Waals surface area (Å²) in [6.45, 7) is -0.522. The van der Waals surface area contributed by atoms with Gasteiger partial charge >= 0.3 is 5.97 Å². The summed E-state index contributed by atoms with van der Waals surface area (Å²) in [7, 11) is 4.44. The van der Waals surface area contributed by atoms with E-state index in [0.29, 0.717) is 22.8 Å². The van der Waals surface area contributed by atoms with Gasteiger partial charge in [-0.1, -0.05) is 12.1 Å². The van der Waals surface area contributed by atoms with Gasteiger partial charge in [0.05, 0.1) is 26.3 Å². The molecule has 0 radical (unpaired) electrons. The Bertz CT molecular complexity index is 913. The molecular formula is C19H20N2O8. The molecule has 0 spiro atoms. The molecule has 2 aromatic rings. The fraction of sp³-hybridized carbons (Fsp3) is 0.263. The maximum atomic E-state index is 12.0. The van der Waals surface area contributed by atoms with Gasteiger partial charge in [-0.3, -0.25) is 14.9 Å². The Balaban J connectivity index is 1.99. The smallest absolute Gasteiger partial charge is 0.345 e. The molecule has 0 atom stereocenters. The Morgan fingerprint density at radius 1 is 1.00 bits per heavy atom. The number of hydrogen-bond donors (Lipinski definition) is 1. The molecule has 2 rings (SSSR count). The van der Waals surface area contributed by atoms with E-state index < -0.39 is 29.1 Å². The zero-order chi connectivity index (χ0) is 21.4. The molecule has 0 aliphatic carbocycles. The SMILES string of the molecule is COc1cc(OC)c(OC)cc1CNC(=O)COC(=O)c1ccccc1[N+](=O)[O-]. The fourth-order valence-electron chi connectivity index (χ4n) is 2.49. The second kappa shape index (κ2) is 9.93. The van der Waals surface area contributed by atoms with Crippen LogP contribution in [0.3, 0.4) is 0 Å². The van der Waals surface area contributed by atoms with E-state index in [-0.39, 0.29) is 12.1 Å². The first-order valence-electron chi connectivity index (χ1n) is 8.37. The Labute approximate surface area is 166 Å². The number of carbonyl (C=O) groups excluding carboxylic acids is 2. The summed E-state index contributed by atoms with van der Waals surface area (Å²) in [4.78, 5) is 34.4. The van der Waals surface area contributed by atoms with E-state index in [0.717, 1.165) is 0 Å². The molecule has 0 saturated carbocycles. The molecule has 0 saturated heterocycles. The molecule has 0 unspecified atom stereocenters. The monoisotopic (exact) mass is 404 g/mol. The topological polar surface area (TPSA) is 126 Å². The Morgan fingerprint density at radius 2 is 1.62 bits per heavy atom. The van der Waals surface area contributed by atoms with E-state index in [4.69, 9.17) is 18.9 Å². The normalized spacial score (nSPS) is 10.0. The van der Waals surface area contributed by atoms with Crippen LogP contribution >= 0.6 is 0 Å². The molecule has 29 heavy (non-hydrogen) atoms. The van der Waals surface area contributed by atoms with Crippen molar-refractivity contribution in [1.29, 1.82) is 0 Å². The lowest BCUT2D eigenvalue weighted by molar-refractivity contribution is -0.385. The molecule has 154 valence electrons. The van der Waals surface area contributed by atoms with Crippen molar-refractivity contribution < 1.29 is 33.5 Å². The van der Waals surface area contributed by atoms with Gasteiger partial charge in [0, 0.05) is 24.2 Å². The van der Waals surface area contributed by atoms with Gasteiger partial charge in [0.25, 0.3) is 11.6 Å². The zero-order valence-corrected chi connectivity index (χ0v) is 16.1. The average molecular weight is 404 g/mol. The minimum absolute atomic E-state index is 0.0748. The summed E-state index contributed by atoms with van der Waals surface area (Å²) in [5, 5.41) is 13.5. The predicted molar refractivity (Wildman–Crippen MR) is 101 cm³/mol. The zero-order valence-electron chi connectivity index (χ0n) is 16.1. The van der Waals surface area contributed by atoms with E-state index in [1.807, 2.05) is 0 Å². The van der Waals surface area contributed by atoms with Crippen LogP contribution in [0.25, 0.3) is 0 Å². The highest BCUT2D eigenvalue weighted by molar-refractivity contribution is 5.95. The number of amides is 1. The number of ether oxygens (including phenoxy) is 4. The van der Waals surface area contributed by atoms with Crippen molar-refractivity contribution >= 4 is 17.6 Å². The second-order valence-electron chi connectivity index (χ2n) is 5.65. The van der Waals surface area contributed by atoms with E-state index in [1.54, 1.807) is 12.1 Å². The highest BCUT2D eigenvalue weighted by Gasteiger charge is 2.21. The van der Waals surface area contributed by atoms with Crippen LogP contribution in [0.15, 0.2) is 36.4 Å². The summed E-state index contributed by atoms with van der Waals surface area (Å²) in [5.41, 5.74) is -0.0108. The molecule has 0 bridgehead atoms. The molecule has 1 amide bonds. The quantitative estimate of drug-likeness (QED) is 0.382. The number of nitrogens with zero attached hydrogens (tertiary/aromatic N) is 1. The summed E-state index contributed by atoms with van der Waals surface area (Å²) in [6.07, 6.45) is 0. The first-order chi connectivity index (χ1) is 13.9. The number of methoxy groups -OCH3 is 3.